The molecule has 0 saturated heterocycles. The van der Waals surface area contributed by atoms with E-state index in [1.54, 1.807) is 68.4 Å². The molecular formula is C36H34Cl2N2O6S. The van der Waals surface area contributed by atoms with E-state index in [0.717, 1.165) is 16.7 Å². The zero-order valence-electron chi connectivity index (χ0n) is 26.6. The van der Waals surface area contributed by atoms with Crippen LogP contribution in [0.2, 0.25) is 10.0 Å². The SMILES string of the molecule is CCOC(=O)C1=C(C)N(c2ccc(C)c(C)c2)C(=O)/C1=C/c1ccc(CN(Cc2ccc(Cl)c(Cl)c2)S(=O)(=O)c2ccc(C)cc2)o1. The number of carbonyl (C=O) groups is 2. The quantitative estimate of drug-likeness (QED) is 0.123. The number of ether oxygens (including phenoxy) is 1. The molecule has 0 spiro atoms. The van der Waals surface area contributed by atoms with E-state index in [4.69, 9.17) is 32.4 Å². The third-order valence-electron chi connectivity index (χ3n) is 7.93. The summed E-state index contributed by atoms with van der Waals surface area (Å²) < 4.78 is 40.4. The minimum atomic E-state index is -3.98. The number of allylic oxidation sites excluding steroid dienone is 1. The molecule has 0 aliphatic carbocycles. The van der Waals surface area contributed by atoms with E-state index in [-0.39, 0.29) is 41.5 Å². The van der Waals surface area contributed by atoms with Crippen LogP contribution in [-0.4, -0.2) is 31.2 Å². The molecule has 4 aromatic rings. The Morgan fingerprint density at radius 2 is 1.62 bits per heavy atom. The van der Waals surface area contributed by atoms with E-state index < -0.39 is 21.9 Å². The average Bonchev–Trinajstić information content (AvgIpc) is 3.57. The molecule has 47 heavy (non-hydrogen) atoms. The van der Waals surface area contributed by atoms with Gasteiger partial charge in [-0.2, -0.15) is 4.31 Å². The summed E-state index contributed by atoms with van der Waals surface area (Å²) in [5.74, 6) is -0.445. The number of benzene rings is 3. The molecule has 0 saturated carbocycles. The summed E-state index contributed by atoms with van der Waals surface area (Å²) in [7, 11) is -3.98. The van der Waals surface area contributed by atoms with Crippen molar-refractivity contribution in [2.45, 2.75) is 52.6 Å². The highest BCUT2D eigenvalue weighted by Crippen LogP contribution is 2.36. The van der Waals surface area contributed by atoms with Crippen LogP contribution in [0.15, 0.2) is 99.0 Å². The Balaban J connectivity index is 1.50. The van der Waals surface area contributed by atoms with Crippen LogP contribution in [0, 0.1) is 20.8 Å². The first kappa shape index (κ1) is 34.2. The van der Waals surface area contributed by atoms with Gasteiger partial charge in [0.1, 0.15) is 11.5 Å². The third-order valence-corrected chi connectivity index (χ3v) is 10.5. The lowest BCUT2D eigenvalue weighted by Gasteiger charge is -2.22. The highest BCUT2D eigenvalue weighted by atomic mass is 35.5. The van der Waals surface area contributed by atoms with Crippen LogP contribution in [0.4, 0.5) is 5.69 Å². The summed E-state index contributed by atoms with van der Waals surface area (Å²) in [5, 5.41) is 0.664. The van der Waals surface area contributed by atoms with Gasteiger partial charge in [0.15, 0.2) is 0 Å². The monoisotopic (exact) mass is 692 g/mol. The molecule has 2 heterocycles. The lowest BCUT2D eigenvalue weighted by atomic mass is 10.1. The Kier molecular flexibility index (Phi) is 10.1. The second kappa shape index (κ2) is 13.9. The second-order valence-electron chi connectivity index (χ2n) is 11.3. The van der Waals surface area contributed by atoms with Gasteiger partial charge in [-0.1, -0.05) is 53.0 Å². The number of esters is 1. The number of rotatable bonds is 10. The standard InChI is InChI=1S/C36H34Cl2N2O6S/c1-6-45-36(42)34-25(5)40(27-11-9-23(3)24(4)17-27)35(41)31(34)19-28-12-13-29(46-28)21-39(20-26-10-16-32(37)33(38)18-26)47(43,44)30-14-7-22(2)8-15-30/h7-19H,6,20-21H2,1-5H3/b31-19+. The van der Waals surface area contributed by atoms with Crippen molar-refractivity contribution < 1.29 is 27.2 Å². The number of nitrogens with zero attached hydrogens (tertiary/aromatic N) is 2. The molecule has 1 amide bonds. The lowest BCUT2D eigenvalue weighted by Crippen LogP contribution is -2.30. The summed E-state index contributed by atoms with van der Waals surface area (Å²) >= 11 is 12.3. The fourth-order valence-corrected chi connectivity index (χ4v) is 6.97. The highest BCUT2D eigenvalue weighted by Gasteiger charge is 2.38. The Labute approximate surface area is 284 Å². The normalized spacial score (nSPS) is 14.5. The van der Waals surface area contributed by atoms with Crippen molar-refractivity contribution in [1.29, 1.82) is 0 Å². The minimum Gasteiger partial charge on any atom is -0.462 e. The van der Waals surface area contributed by atoms with Gasteiger partial charge < -0.3 is 9.15 Å². The summed E-state index contributed by atoms with van der Waals surface area (Å²) in [4.78, 5) is 28.6. The van der Waals surface area contributed by atoms with Crippen LogP contribution in [0.1, 0.15) is 47.6 Å². The van der Waals surface area contributed by atoms with E-state index in [9.17, 15) is 18.0 Å². The summed E-state index contributed by atoms with van der Waals surface area (Å²) in [6, 6.07) is 20.4. The molecule has 0 radical (unpaired) electrons. The molecule has 0 N–H and O–H groups in total. The summed E-state index contributed by atoms with van der Waals surface area (Å²) in [6.07, 6.45) is 1.49. The van der Waals surface area contributed by atoms with E-state index in [0.29, 0.717) is 32.8 Å². The number of furan rings is 1. The summed E-state index contributed by atoms with van der Waals surface area (Å²) in [6.45, 7) is 9.21. The van der Waals surface area contributed by atoms with Crippen molar-refractivity contribution in [2.75, 3.05) is 11.5 Å². The van der Waals surface area contributed by atoms with E-state index in [2.05, 4.69) is 0 Å². The number of halogens is 2. The number of amides is 1. The molecular weight excluding hydrogens is 659 g/mol. The van der Waals surface area contributed by atoms with Crippen molar-refractivity contribution in [3.63, 3.8) is 0 Å². The maximum Gasteiger partial charge on any atom is 0.340 e. The molecule has 8 nitrogen and oxygen atoms in total. The number of carbonyl (C=O) groups excluding carboxylic acids is 2. The van der Waals surface area contributed by atoms with Crippen molar-refractivity contribution in [2.24, 2.45) is 0 Å². The van der Waals surface area contributed by atoms with Crippen LogP contribution in [-0.2, 0) is 37.4 Å². The Morgan fingerprint density at radius 3 is 2.28 bits per heavy atom. The van der Waals surface area contributed by atoms with Crippen LogP contribution in [0.5, 0.6) is 0 Å². The van der Waals surface area contributed by atoms with Gasteiger partial charge in [0.2, 0.25) is 10.0 Å². The van der Waals surface area contributed by atoms with Crippen molar-refractivity contribution in [3.05, 3.63) is 133 Å². The molecule has 0 unspecified atom stereocenters. The first-order valence-corrected chi connectivity index (χ1v) is 17.1. The van der Waals surface area contributed by atoms with Crippen LogP contribution < -0.4 is 4.90 Å². The Bertz CT molecular complexity index is 2030. The molecule has 3 aromatic carbocycles. The molecule has 0 fully saturated rings. The van der Waals surface area contributed by atoms with Gasteiger partial charge in [-0.15, -0.1) is 0 Å². The number of sulfonamides is 1. The van der Waals surface area contributed by atoms with Gasteiger partial charge in [0, 0.05) is 17.9 Å². The van der Waals surface area contributed by atoms with Crippen LogP contribution in [0.3, 0.4) is 0 Å². The van der Waals surface area contributed by atoms with Gasteiger partial charge >= 0.3 is 5.97 Å². The smallest absolute Gasteiger partial charge is 0.340 e. The number of hydrogen-bond donors (Lipinski definition) is 0. The fourth-order valence-electron chi connectivity index (χ4n) is 5.26. The molecule has 1 aliphatic heterocycles. The molecule has 244 valence electrons. The van der Waals surface area contributed by atoms with Gasteiger partial charge in [0.25, 0.3) is 5.91 Å². The zero-order chi connectivity index (χ0) is 34.0. The maximum atomic E-state index is 13.9. The lowest BCUT2D eigenvalue weighted by molar-refractivity contribution is -0.138. The van der Waals surface area contributed by atoms with Crippen LogP contribution in [0.25, 0.3) is 6.08 Å². The molecule has 1 aliphatic rings. The van der Waals surface area contributed by atoms with Crippen molar-refractivity contribution in [3.8, 4) is 0 Å². The second-order valence-corrected chi connectivity index (χ2v) is 14.0. The molecule has 11 heteroatoms. The Morgan fingerprint density at radius 1 is 0.894 bits per heavy atom. The van der Waals surface area contributed by atoms with Crippen molar-refractivity contribution in [1.82, 2.24) is 4.31 Å². The third kappa shape index (κ3) is 7.23. The average molecular weight is 694 g/mol. The van der Waals surface area contributed by atoms with Crippen molar-refractivity contribution >= 4 is 56.9 Å². The predicted octanol–water partition coefficient (Wildman–Crippen LogP) is 8.17. The number of anilines is 1. The maximum absolute atomic E-state index is 13.9. The Hall–Kier alpha value is -4.15. The molecule has 5 rings (SSSR count). The largest absolute Gasteiger partial charge is 0.462 e. The van der Waals surface area contributed by atoms with Gasteiger partial charge in [0.05, 0.1) is 39.2 Å². The van der Waals surface area contributed by atoms with E-state index >= 15 is 0 Å². The first-order chi connectivity index (χ1) is 22.3. The molecule has 1 aromatic heterocycles. The number of aryl methyl sites for hydroxylation is 3. The predicted molar refractivity (Wildman–Crippen MR) is 183 cm³/mol. The zero-order valence-corrected chi connectivity index (χ0v) is 29.0. The summed E-state index contributed by atoms with van der Waals surface area (Å²) in [5.41, 5.74) is 4.94. The first-order valence-electron chi connectivity index (χ1n) is 14.9. The van der Waals surface area contributed by atoms with Crippen LogP contribution >= 0.6 is 23.2 Å². The topological polar surface area (TPSA) is 97.1 Å². The number of hydrogen-bond acceptors (Lipinski definition) is 6. The van der Waals surface area contributed by atoms with Gasteiger partial charge in [-0.3, -0.25) is 9.69 Å². The molecule has 0 bridgehead atoms. The van der Waals surface area contributed by atoms with E-state index in [1.165, 1.54) is 15.3 Å². The highest BCUT2D eigenvalue weighted by molar-refractivity contribution is 7.89. The molecule has 0 atom stereocenters. The van der Waals surface area contributed by atoms with E-state index in [1.807, 2.05) is 39.0 Å². The van der Waals surface area contributed by atoms with Gasteiger partial charge in [-0.25, -0.2) is 13.2 Å². The fraction of sp³-hybridized carbons (Fsp3) is 0.222. The van der Waals surface area contributed by atoms with Gasteiger partial charge in [-0.05, 0) is 106 Å². The minimum absolute atomic E-state index is 0.0113.